The fourth-order valence-corrected chi connectivity index (χ4v) is 1.71. The zero-order valence-electron chi connectivity index (χ0n) is 11.1. The molecule has 2 N–H and O–H groups in total. The molecule has 0 saturated heterocycles. The Labute approximate surface area is 106 Å². The first-order chi connectivity index (χ1) is 8.22. The molecule has 0 aliphatic rings. The first kappa shape index (κ1) is 14.5. The lowest BCUT2D eigenvalue weighted by Gasteiger charge is -2.18. The molecule has 6 heteroatoms. The Hall–Kier alpha value is -1.53. The molecule has 0 atom stereocenters. The molecule has 0 amide bonds. The van der Waals surface area contributed by atoms with Crippen LogP contribution in [-0.4, -0.2) is 27.2 Å². The predicted octanol–water partition coefficient (Wildman–Crippen LogP) is 1.47. The smallest absolute Gasteiger partial charge is 0.278 e. The molecule has 0 saturated carbocycles. The largest absolute Gasteiger partial charge is 0.389 e. The lowest BCUT2D eigenvalue weighted by molar-refractivity contribution is -0.386. The topological polar surface area (TPSA) is 88.3 Å². The third kappa shape index (κ3) is 3.75. The van der Waals surface area contributed by atoms with Crippen LogP contribution in [0.1, 0.15) is 30.7 Å². The Morgan fingerprint density at radius 1 is 1.50 bits per heavy atom. The van der Waals surface area contributed by atoms with Gasteiger partial charge in [0, 0.05) is 30.4 Å². The van der Waals surface area contributed by atoms with Gasteiger partial charge in [0.1, 0.15) is 0 Å². The van der Waals surface area contributed by atoms with Crippen molar-refractivity contribution in [2.45, 2.75) is 39.8 Å². The van der Waals surface area contributed by atoms with Gasteiger partial charge in [-0.1, -0.05) is 0 Å². The van der Waals surface area contributed by atoms with Crippen molar-refractivity contribution in [3.05, 3.63) is 33.1 Å². The first-order valence-corrected chi connectivity index (χ1v) is 5.75. The second-order valence-electron chi connectivity index (χ2n) is 5.03. The Kier molecular flexibility index (Phi) is 4.37. The van der Waals surface area contributed by atoms with Gasteiger partial charge in [-0.25, -0.2) is 0 Å². The molecule has 1 heterocycles. The zero-order chi connectivity index (χ0) is 13.9. The minimum Gasteiger partial charge on any atom is -0.389 e. The van der Waals surface area contributed by atoms with Gasteiger partial charge in [-0.2, -0.15) is 0 Å². The van der Waals surface area contributed by atoms with E-state index in [1.807, 2.05) is 0 Å². The molecule has 0 unspecified atom stereocenters. The second kappa shape index (κ2) is 5.41. The second-order valence-corrected chi connectivity index (χ2v) is 5.03. The average Bonchev–Trinajstić information content (AvgIpc) is 2.19. The lowest BCUT2D eigenvalue weighted by atomic mass is 10.1. The molecule has 18 heavy (non-hydrogen) atoms. The number of nitrogens with one attached hydrogen (secondary N) is 1. The van der Waals surface area contributed by atoms with Crippen LogP contribution in [0.2, 0.25) is 0 Å². The van der Waals surface area contributed by atoms with E-state index < -0.39 is 5.60 Å². The van der Waals surface area contributed by atoms with E-state index in [4.69, 9.17) is 0 Å². The number of hydrogen-bond acceptors (Lipinski definition) is 5. The molecule has 6 nitrogen and oxygen atoms in total. The summed E-state index contributed by atoms with van der Waals surface area (Å²) in [6.07, 6.45) is 1.51. The fourth-order valence-electron chi connectivity index (χ4n) is 1.71. The van der Waals surface area contributed by atoms with Crippen LogP contribution < -0.4 is 5.32 Å². The number of aryl methyl sites for hydroxylation is 1. The molecule has 0 aliphatic heterocycles. The molecule has 0 aliphatic carbocycles. The molecule has 0 radical (unpaired) electrons. The number of pyridine rings is 1. The van der Waals surface area contributed by atoms with E-state index >= 15 is 0 Å². The normalized spacial score (nSPS) is 11.6. The highest BCUT2D eigenvalue weighted by Crippen LogP contribution is 2.23. The van der Waals surface area contributed by atoms with E-state index in [0.717, 1.165) is 0 Å². The SMILES string of the molecule is Cc1cnc(CNCC(C)(C)O)c(C)c1[N+](=O)[O-]. The molecule has 0 aromatic carbocycles. The van der Waals surface area contributed by atoms with Gasteiger partial charge in [0.05, 0.1) is 16.2 Å². The summed E-state index contributed by atoms with van der Waals surface area (Å²) in [5, 5.41) is 23.5. The van der Waals surface area contributed by atoms with Gasteiger partial charge in [-0.15, -0.1) is 0 Å². The van der Waals surface area contributed by atoms with Crippen molar-refractivity contribution in [3.8, 4) is 0 Å². The summed E-state index contributed by atoms with van der Waals surface area (Å²) in [5.74, 6) is 0. The predicted molar refractivity (Wildman–Crippen MR) is 68.4 cm³/mol. The first-order valence-electron chi connectivity index (χ1n) is 5.75. The third-order valence-electron chi connectivity index (χ3n) is 2.61. The van der Waals surface area contributed by atoms with Gasteiger partial charge < -0.3 is 10.4 Å². The molecule has 0 bridgehead atoms. The quantitative estimate of drug-likeness (QED) is 0.612. The number of aliphatic hydroxyl groups is 1. The fraction of sp³-hybridized carbons (Fsp3) is 0.583. The van der Waals surface area contributed by atoms with Crippen LogP contribution in [-0.2, 0) is 6.54 Å². The van der Waals surface area contributed by atoms with E-state index in [9.17, 15) is 15.2 Å². The van der Waals surface area contributed by atoms with Crippen LogP contribution in [0.25, 0.3) is 0 Å². The molecule has 0 spiro atoms. The standard InChI is InChI=1S/C12H19N3O3/c1-8-5-14-10(6-13-7-12(3,4)16)9(2)11(8)15(17)18/h5,13,16H,6-7H2,1-4H3. The summed E-state index contributed by atoms with van der Waals surface area (Å²) in [6, 6.07) is 0. The van der Waals surface area contributed by atoms with Gasteiger partial charge in [0.25, 0.3) is 5.69 Å². The summed E-state index contributed by atoms with van der Waals surface area (Å²) >= 11 is 0. The van der Waals surface area contributed by atoms with Gasteiger partial charge in [-0.3, -0.25) is 15.1 Å². The molecule has 1 rings (SSSR count). The summed E-state index contributed by atoms with van der Waals surface area (Å²) in [4.78, 5) is 14.8. The van der Waals surface area contributed by atoms with Crippen LogP contribution in [0, 0.1) is 24.0 Å². The van der Waals surface area contributed by atoms with Crippen LogP contribution in [0.3, 0.4) is 0 Å². The monoisotopic (exact) mass is 253 g/mol. The lowest BCUT2D eigenvalue weighted by Crippen LogP contribution is -2.34. The van der Waals surface area contributed by atoms with Gasteiger partial charge in [0.2, 0.25) is 0 Å². The molecule has 1 aromatic rings. The van der Waals surface area contributed by atoms with Crippen LogP contribution in [0.15, 0.2) is 6.20 Å². The van der Waals surface area contributed by atoms with E-state index in [2.05, 4.69) is 10.3 Å². The number of aromatic nitrogens is 1. The summed E-state index contributed by atoms with van der Waals surface area (Å²) in [5.41, 5.74) is 1.07. The number of rotatable bonds is 5. The van der Waals surface area contributed by atoms with Crippen molar-refractivity contribution in [1.82, 2.24) is 10.3 Å². The van der Waals surface area contributed by atoms with Crippen LogP contribution >= 0.6 is 0 Å². The number of hydrogen-bond donors (Lipinski definition) is 2. The summed E-state index contributed by atoms with van der Waals surface area (Å²) in [7, 11) is 0. The van der Waals surface area contributed by atoms with Crippen LogP contribution in [0.5, 0.6) is 0 Å². The summed E-state index contributed by atoms with van der Waals surface area (Å²) < 4.78 is 0. The highest BCUT2D eigenvalue weighted by Gasteiger charge is 2.19. The van der Waals surface area contributed by atoms with Gasteiger partial charge >= 0.3 is 0 Å². The van der Waals surface area contributed by atoms with E-state index in [0.29, 0.717) is 29.9 Å². The van der Waals surface area contributed by atoms with Crippen molar-refractivity contribution in [2.24, 2.45) is 0 Å². The Balaban J connectivity index is 2.85. The Morgan fingerprint density at radius 3 is 2.61 bits per heavy atom. The van der Waals surface area contributed by atoms with Crippen molar-refractivity contribution in [2.75, 3.05) is 6.54 Å². The highest BCUT2D eigenvalue weighted by atomic mass is 16.6. The van der Waals surface area contributed by atoms with Gasteiger partial charge in [0.15, 0.2) is 0 Å². The number of nitro groups is 1. The summed E-state index contributed by atoms with van der Waals surface area (Å²) in [6.45, 7) is 7.55. The van der Waals surface area contributed by atoms with E-state index in [1.165, 1.54) is 6.20 Å². The van der Waals surface area contributed by atoms with Gasteiger partial charge in [-0.05, 0) is 27.7 Å². The number of nitrogens with zero attached hydrogens (tertiary/aromatic N) is 2. The highest BCUT2D eigenvalue weighted by molar-refractivity contribution is 5.47. The minimum atomic E-state index is -0.815. The van der Waals surface area contributed by atoms with Crippen molar-refractivity contribution >= 4 is 5.69 Å². The average molecular weight is 253 g/mol. The minimum absolute atomic E-state index is 0.116. The van der Waals surface area contributed by atoms with Crippen molar-refractivity contribution in [1.29, 1.82) is 0 Å². The third-order valence-corrected chi connectivity index (χ3v) is 2.61. The molecule has 0 fully saturated rings. The van der Waals surface area contributed by atoms with Crippen molar-refractivity contribution in [3.63, 3.8) is 0 Å². The van der Waals surface area contributed by atoms with Crippen LogP contribution in [0.4, 0.5) is 5.69 Å². The molecular weight excluding hydrogens is 234 g/mol. The maximum Gasteiger partial charge on any atom is 0.278 e. The van der Waals surface area contributed by atoms with E-state index in [-0.39, 0.29) is 10.6 Å². The molecular formula is C12H19N3O3. The molecule has 100 valence electrons. The Bertz CT molecular complexity index is 453. The maximum atomic E-state index is 10.9. The maximum absolute atomic E-state index is 10.9. The molecule has 1 aromatic heterocycles. The zero-order valence-corrected chi connectivity index (χ0v) is 11.1. The Morgan fingerprint density at radius 2 is 2.11 bits per heavy atom. The van der Waals surface area contributed by atoms with E-state index in [1.54, 1.807) is 27.7 Å². The van der Waals surface area contributed by atoms with Crippen molar-refractivity contribution < 1.29 is 10.0 Å².